The first-order valence-corrected chi connectivity index (χ1v) is 9.87. The monoisotopic (exact) mass is 332 g/mol. The molecule has 4 atom stereocenters. The molecule has 0 radical (unpaired) electrons. The minimum absolute atomic E-state index is 0.144. The fourth-order valence-corrected chi connectivity index (χ4v) is 6.79. The van der Waals surface area contributed by atoms with Gasteiger partial charge in [0.2, 0.25) is 0 Å². The van der Waals surface area contributed by atoms with Crippen molar-refractivity contribution >= 4 is 12.2 Å². The van der Waals surface area contributed by atoms with E-state index in [4.69, 9.17) is 0 Å². The molecule has 7 rings (SSSR count). The normalized spacial score (nSPS) is 34.2. The molecule has 0 amide bonds. The van der Waals surface area contributed by atoms with Crippen molar-refractivity contribution in [2.45, 2.75) is 24.7 Å². The molecule has 2 aromatic carbocycles. The zero-order valence-electron chi connectivity index (χ0n) is 14.7. The topological polar surface area (TPSA) is 0 Å². The van der Waals surface area contributed by atoms with E-state index in [2.05, 4.69) is 78.9 Å². The summed E-state index contributed by atoms with van der Waals surface area (Å²) in [5.41, 5.74) is 11.2. The third-order valence-corrected chi connectivity index (χ3v) is 7.64. The minimum Gasteiger partial charge on any atom is -0.0830 e. The summed E-state index contributed by atoms with van der Waals surface area (Å²) in [6, 6.07) is 18.2. The van der Waals surface area contributed by atoms with Crippen LogP contribution in [0.25, 0.3) is 12.2 Å². The van der Waals surface area contributed by atoms with Crippen LogP contribution in [0.15, 0.2) is 83.5 Å². The second-order valence-corrected chi connectivity index (χ2v) is 8.49. The predicted molar refractivity (Wildman–Crippen MR) is 107 cm³/mol. The average Bonchev–Trinajstić information content (AvgIpc) is 3.31. The van der Waals surface area contributed by atoms with Gasteiger partial charge < -0.3 is 0 Å². The van der Waals surface area contributed by atoms with E-state index >= 15 is 0 Å². The first-order valence-electron chi connectivity index (χ1n) is 9.87. The van der Waals surface area contributed by atoms with Gasteiger partial charge in [0.15, 0.2) is 0 Å². The van der Waals surface area contributed by atoms with Gasteiger partial charge in [0.05, 0.1) is 0 Å². The lowest BCUT2D eigenvalue weighted by Gasteiger charge is -2.43. The van der Waals surface area contributed by atoms with Crippen molar-refractivity contribution in [1.82, 2.24) is 0 Å². The molecule has 0 saturated heterocycles. The Balaban J connectivity index is 1.53. The highest BCUT2D eigenvalue weighted by molar-refractivity contribution is 5.81. The van der Waals surface area contributed by atoms with Gasteiger partial charge in [-0.25, -0.2) is 0 Å². The van der Waals surface area contributed by atoms with Crippen LogP contribution in [0.1, 0.15) is 46.9 Å². The quantitative estimate of drug-likeness (QED) is 0.534. The number of rotatable bonds is 0. The smallest absolute Gasteiger partial charge is 0.0389 e. The first kappa shape index (κ1) is 13.6. The Morgan fingerprint density at radius 1 is 0.769 bits per heavy atom. The predicted octanol–water partition coefficient (Wildman–Crippen LogP) is 6.25. The maximum atomic E-state index is 2.54. The zero-order chi connectivity index (χ0) is 16.9. The van der Waals surface area contributed by atoms with Crippen LogP contribution in [-0.4, -0.2) is 0 Å². The summed E-state index contributed by atoms with van der Waals surface area (Å²) < 4.78 is 0. The maximum Gasteiger partial charge on any atom is 0.0389 e. The third-order valence-electron chi connectivity index (χ3n) is 7.64. The molecular weight excluding hydrogens is 312 g/mol. The van der Waals surface area contributed by atoms with Crippen LogP contribution in [0.4, 0.5) is 0 Å². The molecule has 0 heterocycles. The van der Waals surface area contributed by atoms with Crippen LogP contribution in [0.2, 0.25) is 0 Å². The van der Waals surface area contributed by atoms with E-state index in [1.165, 1.54) is 17.5 Å². The second-order valence-electron chi connectivity index (χ2n) is 8.49. The average molecular weight is 332 g/mol. The van der Waals surface area contributed by atoms with E-state index in [9.17, 15) is 0 Å². The lowest BCUT2D eigenvalue weighted by atomic mass is 9.60. The van der Waals surface area contributed by atoms with E-state index in [1.807, 2.05) is 0 Å². The van der Waals surface area contributed by atoms with Crippen molar-refractivity contribution in [3.05, 3.63) is 106 Å². The van der Waals surface area contributed by atoms with Gasteiger partial charge in [0.25, 0.3) is 0 Å². The van der Waals surface area contributed by atoms with Crippen molar-refractivity contribution in [2.24, 2.45) is 11.3 Å². The lowest BCUT2D eigenvalue weighted by molar-refractivity contribution is 0.405. The molecule has 0 spiro atoms. The number of hydrogen-bond donors (Lipinski definition) is 0. The van der Waals surface area contributed by atoms with E-state index in [1.54, 1.807) is 27.8 Å². The van der Waals surface area contributed by atoms with E-state index < -0.39 is 0 Å². The molecule has 124 valence electrons. The Labute approximate surface area is 154 Å². The Morgan fingerprint density at radius 2 is 1.50 bits per heavy atom. The second kappa shape index (κ2) is 4.38. The standard InChI is InChI=1S/C26H20/c1-3-9-18-16(7-1)13-23-20(18)15-21-22-11-5-6-12-26(22,23)24-14-17-8-2-4-10-19(17)25(21)24/h1-11,13-14,20-21,25H,12,15H2. The molecule has 0 aliphatic heterocycles. The van der Waals surface area contributed by atoms with Gasteiger partial charge in [0, 0.05) is 17.3 Å². The molecule has 0 aromatic heterocycles. The molecule has 5 aliphatic rings. The summed E-state index contributed by atoms with van der Waals surface area (Å²) in [5.74, 6) is 1.86. The molecule has 0 heteroatoms. The Kier molecular flexibility index (Phi) is 2.29. The molecule has 2 fully saturated rings. The maximum absolute atomic E-state index is 2.54. The van der Waals surface area contributed by atoms with Gasteiger partial charge in [-0.1, -0.05) is 84.5 Å². The highest BCUT2D eigenvalue weighted by Crippen LogP contribution is 2.74. The summed E-state index contributed by atoms with van der Waals surface area (Å²) in [6.07, 6.45) is 14.6. The molecule has 0 N–H and O–H groups in total. The summed E-state index contributed by atoms with van der Waals surface area (Å²) >= 11 is 0. The molecule has 26 heavy (non-hydrogen) atoms. The van der Waals surface area contributed by atoms with Crippen LogP contribution < -0.4 is 0 Å². The highest BCUT2D eigenvalue weighted by Gasteiger charge is 2.62. The fraction of sp³-hybridized carbons (Fsp3) is 0.231. The summed E-state index contributed by atoms with van der Waals surface area (Å²) in [4.78, 5) is 0. The summed E-state index contributed by atoms with van der Waals surface area (Å²) in [5, 5.41) is 0. The lowest BCUT2D eigenvalue weighted by Crippen LogP contribution is -2.32. The fourth-order valence-electron chi connectivity index (χ4n) is 6.79. The molecule has 2 bridgehead atoms. The van der Waals surface area contributed by atoms with E-state index in [0.29, 0.717) is 17.8 Å². The molecule has 4 unspecified atom stereocenters. The van der Waals surface area contributed by atoms with Crippen molar-refractivity contribution in [3.8, 4) is 0 Å². The van der Waals surface area contributed by atoms with Crippen LogP contribution >= 0.6 is 0 Å². The number of allylic oxidation sites excluding steroid dienone is 6. The molecule has 0 nitrogen and oxygen atoms in total. The van der Waals surface area contributed by atoms with E-state index in [0.717, 1.165) is 6.42 Å². The Morgan fingerprint density at radius 3 is 2.38 bits per heavy atom. The third kappa shape index (κ3) is 1.34. The van der Waals surface area contributed by atoms with Crippen LogP contribution in [0.5, 0.6) is 0 Å². The van der Waals surface area contributed by atoms with Gasteiger partial charge in [-0.05, 0) is 52.2 Å². The number of hydrogen-bond acceptors (Lipinski definition) is 0. The highest BCUT2D eigenvalue weighted by atomic mass is 14.6. The van der Waals surface area contributed by atoms with Gasteiger partial charge >= 0.3 is 0 Å². The minimum atomic E-state index is 0.144. The largest absolute Gasteiger partial charge is 0.0830 e. The summed E-state index contributed by atoms with van der Waals surface area (Å²) in [6.45, 7) is 0. The van der Waals surface area contributed by atoms with Crippen molar-refractivity contribution in [3.63, 3.8) is 0 Å². The summed E-state index contributed by atoms with van der Waals surface area (Å²) in [7, 11) is 0. The van der Waals surface area contributed by atoms with Gasteiger partial charge in [0.1, 0.15) is 0 Å². The molecular formula is C26H20. The molecule has 5 aliphatic carbocycles. The van der Waals surface area contributed by atoms with Crippen molar-refractivity contribution < 1.29 is 0 Å². The van der Waals surface area contributed by atoms with Crippen LogP contribution in [0.3, 0.4) is 0 Å². The van der Waals surface area contributed by atoms with Crippen LogP contribution in [0, 0.1) is 11.3 Å². The Bertz CT molecular complexity index is 1080. The first-order chi connectivity index (χ1) is 12.9. The van der Waals surface area contributed by atoms with Crippen molar-refractivity contribution in [1.29, 1.82) is 0 Å². The van der Waals surface area contributed by atoms with Gasteiger partial charge in [-0.15, -0.1) is 0 Å². The number of benzene rings is 2. The number of fused-ring (bicyclic) bond motifs is 7. The molecule has 2 saturated carbocycles. The van der Waals surface area contributed by atoms with E-state index in [-0.39, 0.29) is 5.41 Å². The zero-order valence-corrected chi connectivity index (χ0v) is 14.7. The Hall–Kier alpha value is -2.60. The van der Waals surface area contributed by atoms with Crippen molar-refractivity contribution in [2.75, 3.05) is 0 Å². The molecule has 2 aromatic rings. The SMILES string of the molecule is C1=CCC23C4=Cc5ccccc5C4CC(C2=C1)C1C3=Cc2ccccc21. The van der Waals surface area contributed by atoms with Crippen LogP contribution in [-0.2, 0) is 0 Å². The van der Waals surface area contributed by atoms with Gasteiger partial charge in [-0.3, -0.25) is 0 Å². The van der Waals surface area contributed by atoms with Gasteiger partial charge in [-0.2, -0.15) is 0 Å².